The van der Waals surface area contributed by atoms with Crippen molar-refractivity contribution < 1.29 is 57.0 Å². The molecule has 0 saturated carbocycles. The summed E-state index contributed by atoms with van der Waals surface area (Å²) in [4.78, 5) is 22.1. The van der Waals surface area contributed by atoms with E-state index in [1.807, 2.05) is 0 Å². The minimum Gasteiger partial charge on any atom is -0.491 e. The second kappa shape index (κ2) is 28.7. The smallest absolute Gasteiger partial charge is 0.221 e. The summed E-state index contributed by atoms with van der Waals surface area (Å²) in [5.41, 5.74) is 1.46. The third-order valence-electron chi connectivity index (χ3n) is 5.95. The summed E-state index contributed by atoms with van der Waals surface area (Å²) < 4.78 is 55.1. The quantitative estimate of drug-likeness (QED) is 0.113. The SMILES string of the molecule is CC(=O)Nc1ccc(OCCOCCOCCOCCOCCOCCOCCOCCOCCOc2ccc(NC(C)=O)cc2)cc1. The van der Waals surface area contributed by atoms with Crippen LogP contribution in [-0.4, -0.2) is 131 Å². The molecular weight excluding hydrogens is 628 g/mol. The van der Waals surface area contributed by atoms with Gasteiger partial charge in [-0.25, -0.2) is 0 Å². The van der Waals surface area contributed by atoms with Crippen LogP contribution in [0.4, 0.5) is 11.4 Å². The molecule has 0 radical (unpaired) electrons. The molecular formula is C34H52N2O12. The van der Waals surface area contributed by atoms with Crippen LogP contribution in [0, 0.1) is 0 Å². The lowest BCUT2D eigenvalue weighted by molar-refractivity contribution is -0.115. The van der Waals surface area contributed by atoms with Crippen molar-refractivity contribution >= 4 is 23.2 Å². The van der Waals surface area contributed by atoms with E-state index in [2.05, 4.69) is 10.6 Å². The zero-order chi connectivity index (χ0) is 34.3. The van der Waals surface area contributed by atoms with Gasteiger partial charge in [-0.3, -0.25) is 9.59 Å². The Balaban J connectivity index is 1.20. The van der Waals surface area contributed by atoms with Crippen LogP contribution in [0.5, 0.6) is 11.5 Å². The maximum absolute atomic E-state index is 11.0. The molecule has 0 bridgehead atoms. The van der Waals surface area contributed by atoms with Gasteiger partial charge in [-0.15, -0.1) is 0 Å². The Morgan fingerprint density at radius 2 is 0.583 bits per heavy atom. The van der Waals surface area contributed by atoms with Gasteiger partial charge < -0.3 is 58.0 Å². The Kier molecular flexibility index (Phi) is 24.4. The molecule has 0 aliphatic carbocycles. The summed E-state index contributed by atoms with van der Waals surface area (Å²) in [6.07, 6.45) is 0. The predicted molar refractivity (Wildman–Crippen MR) is 179 cm³/mol. The normalized spacial score (nSPS) is 11.0. The van der Waals surface area contributed by atoms with Gasteiger partial charge in [0.1, 0.15) is 24.7 Å². The van der Waals surface area contributed by atoms with E-state index in [4.69, 9.17) is 47.4 Å². The molecule has 2 amide bonds. The van der Waals surface area contributed by atoms with Crippen molar-refractivity contribution in [2.45, 2.75) is 13.8 Å². The molecule has 0 fully saturated rings. The average Bonchev–Trinajstić information content (AvgIpc) is 3.07. The second-order valence-electron chi connectivity index (χ2n) is 10.0. The average molecular weight is 681 g/mol. The molecule has 0 aliphatic heterocycles. The first-order valence-corrected chi connectivity index (χ1v) is 16.2. The van der Waals surface area contributed by atoms with Crippen molar-refractivity contribution in [3.63, 3.8) is 0 Å². The Morgan fingerprint density at radius 3 is 0.792 bits per heavy atom. The van der Waals surface area contributed by atoms with E-state index in [0.717, 1.165) is 11.4 Å². The van der Waals surface area contributed by atoms with Gasteiger partial charge in [0.25, 0.3) is 0 Å². The molecule has 14 heteroatoms. The fourth-order valence-corrected chi connectivity index (χ4v) is 3.75. The highest BCUT2D eigenvalue weighted by Crippen LogP contribution is 2.16. The van der Waals surface area contributed by atoms with Crippen molar-refractivity contribution in [2.75, 3.05) is 130 Å². The van der Waals surface area contributed by atoms with Crippen LogP contribution in [-0.2, 0) is 47.5 Å². The molecule has 0 aromatic heterocycles. The van der Waals surface area contributed by atoms with Crippen LogP contribution >= 0.6 is 0 Å². The topological polar surface area (TPSA) is 151 Å². The highest BCUT2D eigenvalue weighted by atomic mass is 16.6. The number of ether oxygens (including phenoxy) is 10. The summed E-state index contributed by atoms with van der Waals surface area (Å²) in [5, 5.41) is 5.42. The van der Waals surface area contributed by atoms with E-state index in [1.165, 1.54) is 13.8 Å². The van der Waals surface area contributed by atoms with Crippen LogP contribution < -0.4 is 20.1 Å². The highest BCUT2D eigenvalue weighted by Gasteiger charge is 2.00. The van der Waals surface area contributed by atoms with E-state index < -0.39 is 0 Å². The van der Waals surface area contributed by atoms with Gasteiger partial charge >= 0.3 is 0 Å². The molecule has 2 rings (SSSR count). The Bertz CT molecular complexity index is 987. The molecule has 48 heavy (non-hydrogen) atoms. The van der Waals surface area contributed by atoms with Crippen LogP contribution in [0.25, 0.3) is 0 Å². The number of carbonyl (C=O) groups is 2. The second-order valence-corrected chi connectivity index (χ2v) is 10.0. The lowest BCUT2D eigenvalue weighted by atomic mass is 10.3. The first kappa shape index (κ1) is 40.8. The molecule has 0 unspecified atom stereocenters. The van der Waals surface area contributed by atoms with Crippen molar-refractivity contribution in [1.29, 1.82) is 0 Å². The van der Waals surface area contributed by atoms with E-state index in [0.29, 0.717) is 130 Å². The molecule has 2 aromatic carbocycles. The van der Waals surface area contributed by atoms with Crippen molar-refractivity contribution in [3.8, 4) is 11.5 Å². The van der Waals surface area contributed by atoms with Crippen molar-refractivity contribution in [3.05, 3.63) is 48.5 Å². The number of hydrogen-bond acceptors (Lipinski definition) is 12. The third kappa shape index (κ3) is 23.9. The maximum atomic E-state index is 11.0. The zero-order valence-electron chi connectivity index (χ0n) is 28.2. The third-order valence-corrected chi connectivity index (χ3v) is 5.95. The highest BCUT2D eigenvalue weighted by molar-refractivity contribution is 5.89. The van der Waals surface area contributed by atoms with Crippen LogP contribution in [0.2, 0.25) is 0 Å². The number of anilines is 2. The standard InChI is InChI=1S/C34H52N2O12/c1-29(37)35-31-3-7-33(8-4-31)47-27-25-45-23-21-43-19-17-41-15-13-39-11-12-40-14-16-42-18-20-44-22-24-46-26-28-48-34-9-5-32(6-10-34)36-30(2)38/h3-10H,11-28H2,1-2H3,(H,35,37)(H,36,38). The van der Waals surface area contributed by atoms with Crippen molar-refractivity contribution in [1.82, 2.24) is 0 Å². The number of amides is 2. The molecule has 0 spiro atoms. The summed E-state index contributed by atoms with van der Waals surface area (Å²) in [6.45, 7) is 11.5. The lowest BCUT2D eigenvalue weighted by Crippen LogP contribution is -2.15. The molecule has 0 saturated heterocycles. The molecule has 0 atom stereocenters. The van der Waals surface area contributed by atoms with Gasteiger partial charge in [0.05, 0.1) is 106 Å². The van der Waals surface area contributed by atoms with Gasteiger partial charge in [0.2, 0.25) is 11.8 Å². The number of rotatable bonds is 31. The zero-order valence-corrected chi connectivity index (χ0v) is 28.2. The van der Waals surface area contributed by atoms with Crippen LogP contribution in [0.3, 0.4) is 0 Å². The fraction of sp³-hybridized carbons (Fsp3) is 0.588. The summed E-state index contributed by atoms with van der Waals surface area (Å²) >= 11 is 0. The van der Waals surface area contributed by atoms with Crippen molar-refractivity contribution in [2.24, 2.45) is 0 Å². The first-order chi connectivity index (χ1) is 23.5. The summed E-state index contributed by atoms with van der Waals surface area (Å²) in [5.74, 6) is 1.21. The molecule has 2 N–H and O–H groups in total. The molecule has 0 heterocycles. The number of hydrogen-bond donors (Lipinski definition) is 2. The van der Waals surface area contributed by atoms with Gasteiger partial charge in [0, 0.05) is 25.2 Å². The van der Waals surface area contributed by atoms with Gasteiger partial charge in [-0.2, -0.15) is 0 Å². The van der Waals surface area contributed by atoms with Gasteiger partial charge in [-0.1, -0.05) is 0 Å². The fourth-order valence-electron chi connectivity index (χ4n) is 3.75. The van der Waals surface area contributed by atoms with E-state index >= 15 is 0 Å². The molecule has 14 nitrogen and oxygen atoms in total. The monoisotopic (exact) mass is 680 g/mol. The molecule has 270 valence electrons. The Morgan fingerprint density at radius 1 is 0.375 bits per heavy atom. The number of nitrogens with one attached hydrogen (secondary N) is 2. The minimum atomic E-state index is -0.111. The number of carbonyl (C=O) groups excluding carboxylic acids is 2. The van der Waals surface area contributed by atoms with Crippen LogP contribution in [0.1, 0.15) is 13.8 Å². The van der Waals surface area contributed by atoms with E-state index in [9.17, 15) is 9.59 Å². The van der Waals surface area contributed by atoms with Gasteiger partial charge in [-0.05, 0) is 48.5 Å². The molecule has 2 aromatic rings. The maximum Gasteiger partial charge on any atom is 0.221 e. The minimum absolute atomic E-state index is 0.111. The Labute approximate surface area is 283 Å². The number of benzene rings is 2. The van der Waals surface area contributed by atoms with E-state index in [-0.39, 0.29) is 11.8 Å². The Hall–Kier alpha value is -3.34. The molecule has 0 aliphatic rings. The summed E-state index contributed by atoms with van der Waals surface area (Å²) in [6, 6.07) is 14.3. The van der Waals surface area contributed by atoms with Gasteiger partial charge in [0.15, 0.2) is 0 Å². The summed E-state index contributed by atoms with van der Waals surface area (Å²) in [7, 11) is 0. The predicted octanol–water partition coefficient (Wildman–Crippen LogP) is 3.19. The first-order valence-electron chi connectivity index (χ1n) is 16.2. The van der Waals surface area contributed by atoms with Crippen LogP contribution in [0.15, 0.2) is 48.5 Å². The largest absolute Gasteiger partial charge is 0.491 e. The van der Waals surface area contributed by atoms with E-state index in [1.54, 1.807) is 48.5 Å². The lowest BCUT2D eigenvalue weighted by Gasteiger charge is -2.09.